The lowest BCUT2D eigenvalue weighted by Gasteiger charge is -2.34. The third-order valence-electron chi connectivity index (χ3n) is 4.26. The molecular formula is C16H23BrN2O3S. The summed E-state index contributed by atoms with van der Waals surface area (Å²) in [4.78, 5) is 14.6. The van der Waals surface area contributed by atoms with E-state index in [1.807, 2.05) is 13.8 Å². The molecule has 1 unspecified atom stereocenters. The molecule has 1 aliphatic rings. The number of sulfonamides is 1. The van der Waals surface area contributed by atoms with Crippen molar-refractivity contribution in [2.75, 3.05) is 26.2 Å². The number of hydrogen-bond acceptors (Lipinski definition) is 3. The van der Waals surface area contributed by atoms with E-state index in [1.165, 1.54) is 4.31 Å². The lowest BCUT2D eigenvalue weighted by Crippen LogP contribution is -2.46. The smallest absolute Gasteiger partial charge is 0.244 e. The zero-order valence-electron chi connectivity index (χ0n) is 13.5. The standard InChI is InChI=1S/C16H23BrN2O3S/c1-3-18(4-2)16(20)13-8-7-11-19(12-13)23(21,22)15-10-6-5-9-14(15)17/h5-6,9-10,13H,3-4,7-8,11-12H2,1-2H3. The third-order valence-corrected chi connectivity index (χ3v) is 7.14. The molecule has 1 atom stereocenters. The van der Waals surface area contributed by atoms with E-state index >= 15 is 0 Å². The summed E-state index contributed by atoms with van der Waals surface area (Å²) >= 11 is 3.31. The van der Waals surface area contributed by atoms with Crippen LogP contribution in [0.5, 0.6) is 0 Å². The highest BCUT2D eigenvalue weighted by Crippen LogP contribution is 2.28. The molecule has 0 aliphatic carbocycles. The van der Waals surface area contributed by atoms with E-state index in [-0.39, 0.29) is 23.3 Å². The summed E-state index contributed by atoms with van der Waals surface area (Å²) in [5.41, 5.74) is 0. The Morgan fingerprint density at radius 1 is 1.30 bits per heavy atom. The molecule has 0 N–H and O–H groups in total. The first-order valence-electron chi connectivity index (χ1n) is 7.95. The SMILES string of the molecule is CCN(CC)C(=O)C1CCCN(S(=O)(=O)c2ccccc2Br)C1. The minimum Gasteiger partial charge on any atom is -0.343 e. The lowest BCUT2D eigenvalue weighted by molar-refractivity contribution is -0.136. The van der Waals surface area contributed by atoms with Crippen LogP contribution in [0.2, 0.25) is 0 Å². The Morgan fingerprint density at radius 3 is 2.57 bits per heavy atom. The van der Waals surface area contributed by atoms with Gasteiger partial charge in [-0.05, 0) is 54.8 Å². The molecule has 1 saturated heterocycles. The summed E-state index contributed by atoms with van der Waals surface area (Å²) in [6, 6.07) is 6.80. The number of halogens is 1. The second-order valence-electron chi connectivity index (χ2n) is 5.64. The maximum absolute atomic E-state index is 12.9. The Morgan fingerprint density at radius 2 is 1.96 bits per heavy atom. The Balaban J connectivity index is 2.21. The van der Waals surface area contributed by atoms with Gasteiger partial charge < -0.3 is 4.90 Å². The van der Waals surface area contributed by atoms with Crippen molar-refractivity contribution in [3.8, 4) is 0 Å². The monoisotopic (exact) mass is 402 g/mol. The average Bonchev–Trinajstić information content (AvgIpc) is 2.56. The lowest BCUT2D eigenvalue weighted by atomic mass is 9.98. The molecule has 0 spiro atoms. The zero-order valence-corrected chi connectivity index (χ0v) is 15.9. The molecule has 0 saturated carbocycles. The van der Waals surface area contributed by atoms with Crippen molar-refractivity contribution >= 4 is 31.9 Å². The Hall–Kier alpha value is -0.920. The largest absolute Gasteiger partial charge is 0.343 e. The van der Waals surface area contributed by atoms with Crippen molar-refractivity contribution < 1.29 is 13.2 Å². The second kappa shape index (κ2) is 7.77. The summed E-state index contributed by atoms with van der Waals surface area (Å²) in [6.45, 7) is 5.93. The Bertz CT molecular complexity index is 659. The Labute approximate surface area is 146 Å². The van der Waals surface area contributed by atoms with E-state index in [1.54, 1.807) is 29.2 Å². The molecule has 2 rings (SSSR count). The number of amides is 1. The van der Waals surface area contributed by atoms with Crippen LogP contribution in [0.15, 0.2) is 33.6 Å². The molecule has 1 amide bonds. The highest BCUT2D eigenvalue weighted by molar-refractivity contribution is 9.10. The molecule has 0 aromatic heterocycles. The van der Waals surface area contributed by atoms with E-state index in [2.05, 4.69) is 15.9 Å². The number of carbonyl (C=O) groups is 1. The van der Waals surface area contributed by atoms with Gasteiger partial charge in [0, 0.05) is 30.7 Å². The highest BCUT2D eigenvalue weighted by Gasteiger charge is 2.35. The van der Waals surface area contributed by atoms with Gasteiger partial charge in [-0.2, -0.15) is 4.31 Å². The van der Waals surface area contributed by atoms with Gasteiger partial charge in [-0.1, -0.05) is 12.1 Å². The predicted molar refractivity (Wildman–Crippen MR) is 93.6 cm³/mol. The van der Waals surface area contributed by atoms with E-state index < -0.39 is 10.0 Å². The predicted octanol–water partition coefficient (Wildman–Crippen LogP) is 2.72. The number of piperidine rings is 1. The quantitative estimate of drug-likeness (QED) is 0.760. The van der Waals surface area contributed by atoms with E-state index in [4.69, 9.17) is 0 Å². The van der Waals surface area contributed by atoms with Crippen LogP contribution in [0, 0.1) is 5.92 Å². The van der Waals surface area contributed by atoms with Crippen molar-refractivity contribution in [1.29, 1.82) is 0 Å². The van der Waals surface area contributed by atoms with Crippen LogP contribution in [0.4, 0.5) is 0 Å². The summed E-state index contributed by atoms with van der Waals surface area (Å²) < 4.78 is 27.7. The second-order valence-corrected chi connectivity index (χ2v) is 8.40. The minimum atomic E-state index is -3.58. The van der Waals surface area contributed by atoms with Crippen molar-refractivity contribution in [3.05, 3.63) is 28.7 Å². The molecule has 1 heterocycles. The number of benzene rings is 1. The first kappa shape index (κ1) is 18.4. The summed E-state index contributed by atoms with van der Waals surface area (Å²) in [5.74, 6) is -0.192. The van der Waals surface area contributed by atoms with Crippen LogP contribution in [0.3, 0.4) is 0 Å². The fourth-order valence-corrected chi connectivity index (χ4v) is 5.44. The minimum absolute atomic E-state index is 0.0574. The fraction of sp³-hybridized carbons (Fsp3) is 0.562. The van der Waals surface area contributed by atoms with Crippen LogP contribution < -0.4 is 0 Å². The summed E-state index contributed by atoms with van der Waals surface area (Å²) in [7, 11) is -3.58. The van der Waals surface area contributed by atoms with Crippen molar-refractivity contribution in [1.82, 2.24) is 9.21 Å². The number of hydrogen-bond donors (Lipinski definition) is 0. The molecule has 1 aromatic carbocycles. The first-order valence-corrected chi connectivity index (χ1v) is 10.2. The van der Waals surface area contributed by atoms with Crippen molar-refractivity contribution in [2.45, 2.75) is 31.6 Å². The van der Waals surface area contributed by atoms with Crippen LogP contribution in [-0.4, -0.2) is 49.7 Å². The van der Waals surface area contributed by atoms with Crippen molar-refractivity contribution in [3.63, 3.8) is 0 Å². The number of carbonyl (C=O) groups excluding carboxylic acids is 1. The van der Waals surface area contributed by atoms with Crippen LogP contribution in [0.1, 0.15) is 26.7 Å². The molecule has 7 heteroatoms. The number of nitrogens with zero attached hydrogens (tertiary/aromatic N) is 2. The highest BCUT2D eigenvalue weighted by atomic mass is 79.9. The van der Waals surface area contributed by atoms with E-state index in [9.17, 15) is 13.2 Å². The molecule has 1 aliphatic heterocycles. The molecular weight excluding hydrogens is 380 g/mol. The zero-order chi connectivity index (χ0) is 17.0. The maximum Gasteiger partial charge on any atom is 0.244 e. The maximum atomic E-state index is 12.9. The van der Waals surface area contributed by atoms with Gasteiger partial charge in [-0.3, -0.25) is 4.79 Å². The van der Waals surface area contributed by atoms with Gasteiger partial charge in [-0.25, -0.2) is 8.42 Å². The molecule has 1 aromatic rings. The summed E-state index contributed by atoms with van der Waals surface area (Å²) in [6.07, 6.45) is 1.46. The van der Waals surface area contributed by atoms with Gasteiger partial charge in [0.1, 0.15) is 0 Å². The van der Waals surface area contributed by atoms with Crippen LogP contribution >= 0.6 is 15.9 Å². The Kier molecular flexibility index (Phi) is 6.22. The van der Waals surface area contributed by atoms with E-state index in [0.29, 0.717) is 30.5 Å². The molecule has 0 bridgehead atoms. The molecule has 1 fully saturated rings. The van der Waals surface area contributed by atoms with Crippen molar-refractivity contribution in [2.24, 2.45) is 5.92 Å². The van der Waals surface area contributed by atoms with Gasteiger partial charge >= 0.3 is 0 Å². The molecule has 128 valence electrons. The third kappa shape index (κ3) is 3.95. The first-order chi connectivity index (χ1) is 10.9. The van der Waals surface area contributed by atoms with Gasteiger partial charge in [-0.15, -0.1) is 0 Å². The summed E-state index contributed by atoms with van der Waals surface area (Å²) in [5, 5.41) is 0. The normalized spacial score (nSPS) is 19.5. The van der Waals surface area contributed by atoms with Crippen LogP contribution in [0.25, 0.3) is 0 Å². The van der Waals surface area contributed by atoms with Gasteiger partial charge in [0.15, 0.2) is 0 Å². The average molecular weight is 403 g/mol. The molecule has 23 heavy (non-hydrogen) atoms. The molecule has 0 radical (unpaired) electrons. The van der Waals surface area contributed by atoms with E-state index in [0.717, 1.165) is 6.42 Å². The van der Waals surface area contributed by atoms with Crippen LogP contribution in [-0.2, 0) is 14.8 Å². The van der Waals surface area contributed by atoms with Gasteiger partial charge in [0.25, 0.3) is 0 Å². The molecule has 5 nitrogen and oxygen atoms in total. The topological polar surface area (TPSA) is 57.7 Å². The number of rotatable bonds is 5. The van der Waals surface area contributed by atoms with Gasteiger partial charge in [0.05, 0.1) is 10.8 Å². The fourth-order valence-electron chi connectivity index (χ4n) is 2.95. The van der Waals surface area contributed by atoms with Gasteiger partial charge in [0.2, 0.25) is 15.9 Å².